The van der Waals surface area contributed by atoms with E-state index >= 15 is 0 Å². The van der Waals surface area contributed by atoms with Gasteiger partial charge in [0.2, 0.25) is 0 Å². The Balaban J connectivity index is 1.86. The third-order valence-electron chi connectivity index (χ3n) is 4.19. The van der Waals surface area contributed by atoms with Crippen molar-refractivity contribution in [3.63, 3.8) is 0 Å². The molecule has 4 heteroatoms. The Bertz CT molecular complexity index is 1010. The van der Waals surface area contributed by atoms with Crippen LogP contribution in [0.4, 0.5) is 5.69 Å². The van der Waals surface area contributed by atoms with Gasteiger partial charge in [-0.15, -0.1) is 0 Å². The lowest BCUT2D eigenvalue weighted by Crippen LogP contribution is -2.30. The fourth-order valence-corrected chi connectivity index (χ4v) is 2.69. The second-order valence-electron chi connectivity index (χ2n) is 6.61. The van der Waals surface area contributed by atoms with Crippen molar-refractivity contribution in [2.45, 2.75) is 13.8 Å². The van der Waals surface area contributed by atoms with Crippen molar-refractivity contribution in [1.82, 2.24) is 5.32 Å². The summed E-state index contributed by atoms with van der Waals surface area (Å²) in [5.74, 6) is -0.710. The van der Waals surface area contributed by atoms with Crippen molar-refractivity contribution in [3.05, 3.63) is 107 Å². The first kappa shape index (κ1) is 19.1. The smallest absolute Gasteiger partial charge is 0.272 e. The summed E-state index contributed by atoms with van der Waals surface area (Å²) in [7, 11) is 0. The summed E-state index contributed by atoms with van der Waals surface area (Å²) in [6, 6.07) is 24.1. The van der Waals surface area contributed by atoms with Gasteiger partial charge in [-0.25, -0.2) is 0 Å². The molecule has 0 radical (unpaired) electrons. The van der Waals surface area contributed by atoms with Crippen LogP contribution in [-0.2, 0) is 4.79 Å². The first-order valence-electron chi connectivity index (χ1n) is 9.04. The van der Waals surface area contributed by atoms with Gasteiger partial charge in [-0.1, -0.05) is 65.7 Å². The van der Waals surface area contributed by atoms with Gasteiger partial charge in [0.25, 0.3) is 11.8 Å². The fourth-order valence-electron chi connectivity index (χ4n) is 2.69. The number of benzene rings is 3. The molecule has 2 N–H and O–H groups in total. The van der Waals surface area contributed by atoms with E-state index in [0.29, 0.717) is 11.3 Å². The van der Waals surface area contributed by atoms with Gasteiger partial charge in [0.1, 0.15) is 5.70 Å². The molecule has 4 nitrogen and oxygen atoms in total. The molecule has 0 saturated carbocycles. The second kappa shape index (κ2) is 8.82. The van der Waals surface area contributed by atoms with E-state index in [-0.39, 0.29) is 17.5 Å². The van der Waals surface area contributed by atoms with E-state index in [1.807, 2.05) is 80.6 Å². The first-order valence-corrected chi connectivity index (χ1v) is 9.04. The molecule has 0 aliphatic heterocycles. The van der Waals surface area contributed by atoms with Crippen molar-refractivity contribution in [1.29, 1.82) is 0 Å². The summed E-state index contributed by atoms with van der Waals surface area (Å²) >= 11 is 0. The van der Waals surface area contributed by atoms with Gasteiger partial charge in [-0.2, -0.15) is 0 Å². The maximum Gasteiger partial charge on any atom is 0.272 e. The molecule has 0 fully saturated rings. The normalized spacial score (nSPS) is 11.0. The zero-order valence-corrected chi connectivity index (χ0v) is 15.9. The molecule has 0 aliphatic carbocycles. The van der Waals surface area contributed by atoms with Crippen LogP contribution in [0.5, 0.6) is 0 Å². The van der Waals surface area contributed by atoms with E-state index in [2.05, 4.69) is 10.6 Å². The van der Waals surface area contributed by atoms with E-state index < -0.39 is 0 Å². The molecule has 3 rings (SSSR count). The van der Waals surface area contributed by atoms with Crippen LogP contribution < -0.4 is 10.6 Å². The third kappa shape index (κ3) is 5.17. The van der Waals surface area contributed by atoms with Gasteiger partial charge in [-0.05, 0) is 49.8 Å². The van der Waals surface area contributed by atoms with Crippen LogP contribution in [0.3, 0.4) is 0 Å². The van der Waals surface area contributed by atoms with Crippen molar-refractivity contribution < 1.29 is 9.59 Å². The Morgan fingerprint density at radius 3 is 2.18 bits per heavy atom. The number of amides is 2. The average molecular weight is 370 g/mol. The van der Waals surface area contributed by atoms with E-state index in [4.69, 9.17) is 0 Å². The predicted octanol–water partition coefficient (Wildman–Crippen LogP) is 4.71. The third-order valence-corrected chi connectivity index (χ3v) is 4.19. The molecule has 0 atom stereocenters. The summed E-state index contributed by atoms with van der Waals surface area (Å²) in [5, 5.41) is 5.59. The Labute approximate surface area is 164 Å². The maximum absolute atomic E-state index is 12.8. The molecule has 0 saturated heterocycles. The molecule has 0 aromatic heterocycles. The molecule has 2 amide bonds. The van der Waals surface area contributed by atoms with Crippen LogP contribution in [0.15, 0.2) is 84.6 Å². The van der Waals surface area contributed by atoms with Crippen LogP contribution in [-0.4, -0.2) is 11.8 Å². The largest absolute Gasteiger partial charge is 0.321 e. The SMILES string of the molecule is Cc1ccc(NC(=O)/C(=C/c2ccccc2)NC(=O)c2cccc(C)c2)cc1. The predicted molar refractivity (Wildman–Crippen MR) is 113 cm³/mol. The number of rotatable bonds is 5. The average Bonchev–Trinajstić information content (AvgIpc) is 2.70. The standard InChI is InChI=1S/C24H22N2O2/c1-17-11-13-21(14-12-17)25-24(28)22(16-19-8-4-3-5-9-19)26-23(27)20-10-6-7-18(2)15-20/h3-16H,1-2H3,(H,25,28)(H,26,27)/b22-16-. The molecule has 28 heavy (non-hydrogen) atoms. The van der Waals surface area contributed by atoms with Gasteiger partial charge in [0.15, 0.2) is 0 Å². The van der Waals surface area contributed by atoms with Crippen LogP contribution in [0, 0.1) is 13.8 Å². The Morgan fingerprint density at radius 2 is 1.50 bits per heavy atom. The van der Waals surface area contributed by atoms with E-state index in [1.54, 1.807) is 18.2 Å². The van der Waals surface area contributed by atoms with Crippen molar-refractivity contribution in [2.24, 2.45) is 0 Å². The van der Waals surface area contributed by atoms with E-state index in [1.165, 1.54) is 0 Å². The Kier molecular flexibility index (Phi) is 6.02. The lowest BCUT2D eigenvalue weighted by molar-refractivity contribution is -0.113. The number of aryl methyl sites for hydroxylation is 2. The van der Waals surface area contributed by atoms with Crippen molar-refractivity contribution >= 4 is 23.6 Å². The van der Waals surface area contributed by atoms with Gasteiger partial charge < -0.3 is 10.6 Å². The maximum atomic E-state index is 12.8. The molecule has 0 unspecified atom stereocenters. The minimum absolute atomic E-state index is 0.179. The highest BCUT2D eigenvalue weighted by molar-refractivity contribution is 6.10. The number of carbonyl (C=O) groups excluding carboxylic acids is 2. The number of hydrogen-bond acceptors (Lipinski definition) is 2. The van der Waals surface area contributed by atoms with E-state index in [9.17, 15) is 9.59 Å². The van der Waals surface area contributed by atoms with Gasteiger partial charge in [0, 0.05) is 11.3 Å². The first-order chi connectivity index (χ1) is 13.5. The molecule has 0 aliphatic rings. The minimum atomic E-state index is -0.381. The molecule has 3 aromatic rings. The van der Waals surface area contributed by atoms with Crippen molar-refractivity contribution in [2.75, 3.05) is 5.32 Å². The Morgan fingerprint density at radius 1 is 0.786 bits per heavy atom. The fraction of sp³-hybridized carbons (Fsp3) is 0.0833. The highest BCUT2D eigenvalue weighted by Gasteiger charge is 2.15. The molecule has 3 aromatic carbocycles. The molecule has 0 bridgehead atoms. The molecular formula is C24H22N2O2. The molecule has 0 spiro atoms. The zero-order valence-electron chi connectivity index (χ0n) is 15.9. The van der Waals surface area contributed by atoms with Gasteiger partial charge in [0.05, 0.1) is 0 Å². The highest BCUT2D eigenvalue weighted by Crippen LogP contribution is 2.13. The van der Waals surface area contributed by atoms with E-state index in [0.717, 1.165) is 16.7 Å². The zero-order chi connectivity index (χ0) is 19.9. The molecular weight excluding hydrogens is 348 g/mol. The number of carbonyl (C=O) groups is 2. The summed E-state index contributed by atoms with van der Waals surface area (Å²) in [6.07, 6.45) is 1.66. The highest BCUT2D eigenvalue weighted by atomic mass is 16.2. The van der Waals surface area contributed by atoms with Crippen molar-refractivity contribution in [3.8, 4) is 0 Å². The van der Waals surface area contributed by atoms with Crippen LogP contribution in [0.25, 0.3) is 6.08 Å². The molecule has 140 valence electrons. The van der Waals surface area contributed by atoms with Crippen LogP contribution in [0.1, 0.15) is 27.0 Å². The number of hydrogen-bond donors (Lipinski definition) is 2. The topological polar surface area (TPSA) is 58.2 Å². The number of anilines is 1. The summed E-state index contributed by atoms with van der Waals surface area (Å²) in [6.45, 7) is 3.90. The second-order valence-corrected chi connectivity index (χ2v) is 6.61. The van der Waals surface area contributed by atoms with Gasteiger partial charge >= 0.3 is 0 Å². The van der Waals surface area contributed by atoms with Gasteiger partial charge in [-0.3, -0.25) is 9.59 Å². The monoisotopic (exact) mass is 370 g/mol. The van der Waals surface area contributed by atoms with Crippen LogP contribution in [0.2, 0.25) is 0 Å². The van der Waals surface area contributed by atoms with Crippen LogP contribution >= 0.6 is 0 Å². The Hall–Kier alpha value is -3.66. The minimum Gasteiger partial charge on any atom is -0.321 e. The summed E-state index contributed by atoms with van der Waals surface area (Å²) < 4.78 is 0. The summed E-state index contributed by atoms with van der Waals surface area (Å²) in [5.41, 5.74) is 4.25. The lowest BCUT2D eigenvalue weighted by atomic mass is 10.1. The molecule has 0 heterocycles. The lowest BCUT2D eigenvalue weighted by Gasteiger charge is -2.12. The number of nitrogens with one attached hydrogen (secondary N) is 2. The summed E-state index contributed by atoms with van der Waals surface area (Å²) in [4.78, 5) is 25.5. The quantitative estimate of drug-likeness (QED) is 0.639.